The van der Waals surface area contributed by atoms with E-state index in [2.05, 4.69) is 5.10 Å². The van der Waals surface area contributed by atoms with Crippen LogP contribution in [0.5, 0.6) is 5.75 Å². The van der Waals surface area contributed by atoms with Gasteiger partial charge in [-0.2, -0.15) is 10.1 Å². The number of amides is 3. The molecule has 1 aliphatic heterocycles. The second kappa shape index (κ2) is 6.78. The fourth-order valence-corrected chi connectivity index (χ4v) is 4.30. The summed E-state index contributed by atoms with van der Waals surface area (Å²) in [6, 6.07) is 5.36. The first-order valence-corrected chi connectivity index (χ1v) is 9.19. The van der Waals surface area contributed by atoms with E-state index in [4.69, 9.17) is 10.5 Å². The van der Waals surface area contributed by atoms with Crippen molar-refractivity contribution in [3.05, 3.63) is 35.9 Å². The molecule has 0 radical (unpaired) electrons. The van der Waals surface area contributed by atoms with Gasteiger partial charge in [-0.1, -0.05) is 12.2 Å². The van der Waals surface area contributed by atoms with Gasteiger partial charge in [0.05, 0.1) is 18.1 Å². The maximum atomic E-state index is 12.7. The normalized spacial score (nSPS) is 27.7. The van der Waals surface area contributed by atoms with Gasteiger partial charge >= 0.3 is 0 Å². The van der Waals surface area contributed by atoms with Gasteiger partial charge in [0.25, 0.3) is 17.7 Å². The average Bonchev–Trinajstić information content (AvgIpc) is 3.33. The summed E-state index contributed by atoms with van der Waals surface area (Å²) < 4.78 is 5.49. The lowest BCUT2D eigenvalue weighted by Gasteiger charge is -2.16. The van der Waals surface area contributed by atoms with Crippen LogP contribution in [0.4, 0.5) is 5.69 Å². The number of benzene rings is 1. The van der Waals surface area contributed by atoms with Gasteiger partial charge in [0.15, 0.2) is 6.61 Å². The van der Waals surface area contributed by atoms with E-state index in [0.29, 0.717) is 11.3 Å². The quantitative estimate of drug-likeness (QED) is 0.444. The lowest BCUT2D eigenvalue weighted by Crippen LogP contribution is -2.28. The van der Waals surface area contributed by atoms with Gasteiger partial charge in [0.1, 0.15) is 5.75 Å². The van der Waals surface area contributed by atoms with E-state index in [9.17, 15) is 14.4 Å². The Bertz CT molecular complexity index is 877. The first kappa shape index (κ1) is 18.2. The summed E-state index contributed by atoms with van der Waals surface area (Å²) in [6.45, 7) is -0.279. The van der Waals surface area contributed by atoms with Crippen molar-refractivity contribution in [3.8, 4) is 5.75 Å². The molecule has 0 spiro atoms. The third-order valence-electron chi connectivity index (χ3n) is 5.64. The molecular formula is C20H22N4O4. The molecule has 2 fully saturated rings. The van der Waals surface area contributed by atoms with Gasteiger partial charge in [0, 0.05) is 31.4 Å². The molecular weight excluding hydrogens is 360 g/mol. The zero-order valence-corrected chi connectivity index (χ0v) is 15.7. The zero-order chi connectivity index (χ0) is 20.0. The van der Waals surface area contributed by atoms with E-state index < -0.39 is 5.91 Å². The molecule has 28 heavy (non-hydrogen) atoms. The van der Waals surface area contributed by atoms with Gasteiger partial charge in [-0.15, -0.1) is 0 Å². The molecule has 146 valence electrons. The van der Waals surface area contributed by atoms with Crippen molar-refractivity contribution in [2.75, 3.05) is 25.6 Å². The van der Waals surface area contributed by atoms with Crippen molar-refractivity contribution in [1.29, 1.82) is 0 Å². The highest BCUT2D eigenvalue weighted by Crippen LogP contribution is 2.52. The number of fused-ring (bicyclic) bond motifs is 5. The number of hydrogen-bond acceptors (Lipinski definition) is 6. The number of primary amides is 1. The molecule has 1 heterocycles. The lowest BCUT2D eigenvalue weighted by atomic mass is 9.85. The van der Waals surface area contributed by atoms with E-state index in [-0.39, 0.29) is 42.1 Å². The number of hydrazone groups is 1. The maximum absolute atomic E-state index is 12.7. The Morgan fingerprint density at radius 2 is 1.89 bits per heavy atom. The molecule has 1 aromatic rings. The van der Waals surface area contributed by atoms with Crippen LogP contribution in [0.3, 0.4) is 0 Å². The van der Waals surface area contributed by atoms with Crippen molar-refractivity contribution < 1.29 is 19.1 Å². The Balaban J connectivity index is 1.58. The summed E-state index contributed by atoms with van der Waals surface area (Å²) in [7, 11) is 3.76. The Labute approximate surface area is 162 Å². The molecule has 4 atom stereocenters. The number of carbonyl (C=O) groups is 3. The molecule has 1 aromatic carbocycles. The van der Waals surface area contributed by atoms with E-state index in [0.717, 1.165) is 17.1 Å². The largest absolute Gasteiger partial charge is 0.483 e. The number of allylic oxidation sites excluding steroid dienone is 2. The van der Waals surface area contributed by atoms with Crippen LogP contribution < -0.4 is 15.4 Å². The number of nitrogens with two attached hydrogens (primary N) is 1. The van der Waals surface area contributed by atoms with Gasteiger partial charge in [-0.3, -0.25) is 14.4 Å². The van der Waals surface area contributed by atoms with Crippen molar-refractivity contribution in [3.63, 3.8) is 0 Å². The number of anilines is 1. The molecule has 1 saturated carbocycles. The number of nitrogens with zero attached hydrogens (tertiary/aromatic N) is 3. The van der Waals surface area contributed by atoms with Crippen LogP contribution in [0.25, 0.3) is 0 Å². The molecule has 2 bridgehead atoms. The van der Waals surface area contributed by atoms with Crippen molar-refractivity contribution in [1.82, 2.24) is 5.01 Å². The van der Waals surface area contributed by atoms with E-state index in [1.807, 2.05) is 37.2 Å². The van der Waals surface area contributed by atoms with Crippen LogP contribution >= 0.6 is 0 Å². The van der Waals surface area contributed by atoms with Crippen LogP contribution in [0.1, 0.15) is 12.0 Å². The summed E-state index contributed by atoms with van der Waals surface area (Å²) in [5, 5.41) is 5.15. The summed E-state index contributed by atoms with van der Waals surface area (Å²) in [5.41, 5.74) is 6.58. The lowest BCUT2D eigenvalue weighted by molar-refractivity contribution is -0.140. The fourth-order valence-electron chi connectivity index (χ4n) is 4.30. The first-order chi connectivity index (χ1) is 13.4. The Kier molecular flexibility index (Phi) is 4.41. The highest BCUT2D eigenvalue weighted by atomic mass is 16.5. The standard InChI is InChI=1S/C20H22N4O4/c1-23(2)14-6-5-13(15(8-14)28-10-16(21)25)9-22-24-19(26)17-11-3-4-12(7-11)18(17)20(24)27/h3-6,8-9,11-12,17-18H,7,10H2,1-2H3,(H2,21,25)/t11-,12-,17-,18+/m0/s1. The SMILES string of the molecule is CN(C)c1ccc(C=NN2C(=O)[C@@H]3[C@H](C2=O)[C@H]2C=C[C@H]3C2)c(OCC(N)=O)c1. The Hall–Kier alpha value is -3.16. The minimum atomic E-state index is -0.598. The summed E-state index contributed by atoms with van der Waals surface area (Å²) in [5.74, 6) is -0.988. The first-order valence-electron chi connectivity index (χ1n) is 9.19. The van der Waals surface area contributed by atoms with Crippen LogP contribution in [0, 0.1) is 23.7 Å². The van der Waals surface area contributed by atoms with Crippen molar-refractivity contribution in [2.24, 2.45) is 34.5 Å². The summed E-state index contributed by atoms with van der Waals surface area (Å²) >= 11 is 0. The smallest absolute Gasteiger partial charge is 0.255 e. The van der Waals surface area contributed by atoms with Gasteiger partial charge in [0.2, 0.25) is 0 Å². The molecule has 0 aromatic heterocycles. The highest BCUT2D eigenvalue weighted by Gasteiger charge is 2.59. The molecule has 8 heteroatoms. The van der Waals surface area contributed by atoms with Crippen LogP contribution in [0.15, 0.2) is 35.5 Å². The molecule has 3 amide bonds. The van der Waals surface area contributed by atoms with Gasteiger partial charge < -0.3 is 15.4 Å². The number of carbonyl (C=O) groups excluding carboxylic acids is 3. The van der Waals surface area contributed by atoms with E-state index in [1.165, 1.54) is 6.21 Å². The number of rotatable bonds is 6. The second-order valence-corrected chi connectivity index (χ2v) is 7.60. The van der Waals surface area contributed by atoms with Crippen molar-refractivity contribution >= 4 is 29.6 Å². The average molecular weight is 382 g/mol. The molecule has 3 aliphatic rings. The topological polar surface area (TPSA) is 105 Å². The van der Waals surface area contributed by atoms with Crippen LogP contribution in [-0.2, 0) is 14.4 Å². The molecule has 1 saturated heterocycles. The van der Waals surface area contributed by atoms with Crippen LogP contribution in [0.2, 0.25) is 0 Å². The highest BCUT2D eigenvalue weighted by molar-refractivity contribution is 6.07. The fraction of sp³-hybridized carbons (Fsp3) is 0.400. The minimum absolute atomic E-state index is 0.139. The van der Waals surface area contributed by atoms with E-state index >= 15 is 0 Å². The molecule has 2 aliphatic carbocycles. The second-order valence-electron chi connectivity index (χ2n) is 7.60. The molecule has 8 nitrogen and oxygen atoms in total. The van der Waals surface area contributed by atoms with Crippen LogP contribution in [-0.4, -0.2) is 49.6 Å². The van der Waals surface area contributed by atoms with Gasteiger partial charge in [-0.05, 0) is 30.4 Å². The number of ether oxygens (including phenoxy) is 1. The third-order valence-corrected chi connectivity index (χ3v) is 5.64. The molecule has 0 unspecified atom stereocenters. The monoisotopic (exact) mass is 382 g/mol. The van der Waals surface area contributed by atoms with E-state index in [1.54, 1.807) is 12.1 Å². The molecule has 2 N–H and O–H groups in total. The predicted molar refractivity (Wildman–Crippen MR) is 103 cm³/mol. The number of hydrogen-bond donors (Lipinski definition) is 1. The maximum Gasteiger partial charge on any atom is 0.255 e. The minimum Gasteiger partial charge on any atom is -0.483 e. The summed E-state index contributed by atoms with van der Waals surface area (Å²) in [4.78, 5) is 38.4. The predicted octanol–water partition coefficient (Wildman–Crippen LogP) is 0.758. The summed E-state index contributed by atoms with van der Waals surface area (Å²) in [6.07, 6.45) is 6.38. The third kappa shape index (κ3) is 2.94. The van der Waals surface area contributed by atoms with Gasteiger partial charge in [-0.25, -0.2) is 0 Å². The zero-order valence-electron chi connectivity index (χ0n) is 15.7. The number of imide groups is 1. The Morgan fingerprint density at radius 1 is 1.25 bits per heavy atom. The van der Waals surface area contributed by atoms with Crippen molar-refractivity contribution in [2.45, 2.75) is 6.42 Å². The Morgan fingerprint density at radius 3 is 2.46 bits per heavy atom. The molecule has 4 rings (SSSR count).